The van der Waals surface area contributed by atoms with Gasteiger partial charge in [-0.2, -0.15) is 0 Å². The van der Waals surface area contributed by atoms with Crippen LogP contribution in [0.5, 0.6) is 5.75 Å². The first-order chi connectivity index (χ1) is 16.2. The van der Waals surface area contributed by atoms with Gasteiger partial charge in [0, 0.05) is 19.0 Å². The second-order valence-electron chi connectivity index (χ2n) is 9.89. The molecule has 34 heavy (non-hydrogen) atoms. The third kappa shape index (κ3) is 6.45. The summed E-state index contributed by atoms with van der Waals surface area (Å²) in [5, 5.41) is 27.5. The summed E-state index contributed by atoms with van der Waals surface area (Å²) in [6.45, 7) is 6.15. The van der Waals surface area contributed by atoms with Crippen molar-refractivity contribution in [3.05, 3.63) is 64.7 Å². The van der Waals surface area contributed by atoms with E-state index in [1.807, 2.05) is 0 Å². The smallest absolute Gasteiger partial charge is 0.217 e. The van der Waals surface area contributed by atoms with E-state index in [9.17, 15) is 19.8 Å². The lowest BCUT2D eigenvalue weighted by molar-refractivity contribution is -0.120. The lowest BCUT2D eigenvalue weighted by atomic mass is 9.75. The molecule has 0 aliphatic heterocycles. The van der Waals surface area contributed by atoms with Crippen LogP contribution in [-0.4, -0.2) is 41.1 Å². The molecule has 4 N–H and O–H groups in total. The Morgan fingerprint density at radius 1 is 1.12 bits per heavy atom. The summed E-state index contributed by atoms with van der Waals surface area (Å²) in [5.41, 5.74) is 3.32. The summed E-state index contributed by atoms with van der Waals surface area (Å²) in [6.07, 6.45) is 5.61. The number of aldehydes is 1. The average Bonchev–Trinajstić information content (AvgIpc) is 2.83. The molecule has 2 aromatic rings. The number of phenols is 1. The summed E-state index contributed by atoms with van der Waals surface area (Å²) in [6, 6.07) is 13.0. The third-order valence-electron chi connectivity index (χ3n) is 6.99. The fourth-order valence-corrected chi connectivity index (χ4v) is 4.98. The first-order valence-corrected chi connectivity index (χ1v) is 12.3. The Balaban J connectivity index is 1.79. The Bertz CT molecular complexity index is 982. The molecule has 0 radical (unpaired) electrons. The van der Waals surface area contributed by atoms with Crippen LogP contribution < -0.4 is 10.6 Å². The number of phenolic OH excluding ortho intramolecular Hbond substituents is 1. The van der Waals surface area contributed by atoms with Gasteiger partial charge >= 0.3 is 0 Å². The van der Waals surface area contributed by atoms with Crippen molar-refractivity contribution in [3.8, 4) is 5.75 Å². The van der Waals surface area contributed by atoms with Gasteiger partial charge in [0.1, 0.15) is 5.75 Å². The van der Waals surface area contributed by atoms with Crippen molar-refractivity contribution in [2.75, 3.05) is 6.54 Å². The molecular formula is C28H38N2O4. The largest absolute Gasteiger partial charge is 0.507 e. The third-order valence-corrected chi connectivity index (χ3v) is 6.99. The molecule has 6 nitrogen and oxygen atoms in total. The quantitative estimate of drug-likeness (QED) is 0.394. The van der Waals surface area contributed by atoms with Gasteiger partial charge in [-0.3, -0.25) is 9.59 Å². The molecule has 0 spiro atoms. The molecule has 0 bridgehead atoms. The van der Waals surface area contributed by atoms with Crippen molar-refractivity contribution in [2.24, 2.45) is 0 Å². The molecular weight excluding hydrogens is 428 g/mol. The highest BCUT2D eigenvalue weighted by Gasteiger charge is 2.35. The van der Waals surface area contributed by atoms with E-state index in [0.29, 0.717) is 25.2 Å². The maximum absolute atomic E-state index is 11.9. The number of carbonyl (C=O) groups excluding carboxylic acids is 2. The minimum absolute atomic E-state index is 0.0834. The van der Waals surface area contributed by atoms with Gasteiger partial charge < -0.3 is 20.8 Å². The molecule has 2 aromatic carbocycles. The first-order valence-electron chi connectivity index (χ1n) is 12.3. The predicted molar refractivity (Wildman–Crippen MR) is 134 cm³/mol. The number of nitrogens with one attached hydrogen (secondary N) is 2. The Hall–Kier alpha value is -2.70. The van der Waals surface area contributed by atoms with Crippen LogP contribution in [0.15, 0.2) is 42.5 Å². The van der Waals surface area contributed by atoms with E-state index in [1.54, 1.807) is 12.1 Å². The van der Waals surface area contributed by atoms with Crippen LogP contribution >= 0.6 is 0 Å². The van der Waals surface area contributed by atoms with Crippen LogP contribution in [0.3, 0.4) is 0 Å². The number of hydrogen-bond donors (Lipinski definition) is 4. The van der Waals surface area contributed by atoms with Crippen LogP contribution in [0.2, 0.25) is 0 Å². The maximum Gasteiger partial charge on any atom is 0.217 e. The van der Waals surface area contributed by atoms with E-state index < -0.39 is 12.1 Å². The molecule has 184 valence electrons. The lowest BCUT2D eigenvalue weighted by Gasteiger charge is -2.40. The highest BCUT2D eigenvalue weighted by molar-refractivity contribution is 5.79. The highest BCUT2D eigenvalue weighted by atomic mass is 16.3. The molecule has 2 unspecified atom stereocenters. The number of rotatable bonds is 10. The van der Waals surface area contributed by atoms with E-state index in [1.165, 1.54) is 30.5 Å². The number of aliphatic hydroxyl groups excluding tert-OH is 1. The fourth-order valence-electron chi connectivity index (χ4n) is 4.98. The number of carbonyl (C=O) groups is 2. The summed E-state index contributed by atoms with van der Waals surface area (Å²) in [5.74, 6) is 0.132. The van der Waals surface area contributed by atoms with Crippen LogP contribution in [0, 0.1) is 0 Å². The summed E-state index contributed by atoms with van der Waals surface area (Å²) in [7, 11) is 0. The van der Waals surface area contributed by atoms with Crippen molar-refractivity contribution >= 4 is 12.2 Å². The Morgan fingerprint density at radius 2 is 1.85 bits per heavy atom. The molecule has 1 aliphatic carbocycles. The first kappa shape index (κ1) is 25.9. The molecule has 2 atom stereocenters. The van der Waals surface area contributed by atoms with Crippen LogP contribution in [0.1, 0.15) is 85.8 Å². The van der Waals surface area contributed by atoms with Crippen molar-refractivity contribution in [1.29, 1.82) is 0 Å². The molecule has 3 rings (SSSR count). The van der Waals surface area contributed by atoms with Gasteiger partial charge in [0.05, 0.1) is 17.7 Å². The Kier molecular flexibility index (Phi) is 8.86. The van der Waals surface area contributed by atoms with Gasteiger partial charge in [-0.15, -0.1) is 0 Å². The normalized spacial score (nSPS) is 17.2. The molecule has 6 heteroatoms. The van der Waals surface area contributed by atoms with Gasteiger partial charge in [0.25, 0.3) is 0 Å². The van der Waals surface area contributed by atoms with Crippen molar-refractivity contribution in [1.82, 2.24) is 10.6 Å². The SMILES string of the molecule is CC(=O)NC(Cc1ccc(O)c(C=O)c1)C(O)CNC1(c2cccc(C(C)C)c2)CCCCC1. The average molecular weight is 467 g/mol. The summed E-state index contributed by atoms with van der Waals surface area (Å²) in [4.78, 5) is 23.1. The second-order valence-corrected chi connectivity index (χ2v) is 9.89. The van der Waals surface area contributed by atoms with Crippen molar-refractivity contribution < 1.29 is 19.8 Å². The molecule has 1 fully saturated rings. The number of aromatic hydroxyl groups is 1. The summed E-state index contributed by atoms with van der Waals surface area (Å²) >= 11 is 0. The van der Waals surface area contributed by atoms with Gasteiger partial charge in [-0.05, 0) is 54.0 Å². The maximum atomic E-state index is 11.9. The van der Waals surface area contributed by atoms with Gasteiger partial charge in [0.2, 0.25) is 5.91 Å². The summed E-state index contributed by atoms with van der Waals surface area (Å²) < 4.78 is 0. The zero-order valence-electron chi connectivity index (χ0n) is 20.5. The number of hydrogen-bond acceptors (Lipinski definition) is 5. The van der Waals surface area contributed by atoms with E-state index in [2.05, 4.69) is 48.7 Å². The second kappa shape index (κ2) is 11.6. The van der Waals surface area contributed by atoms with Gasteiger partial charge in [-0.1, -0.05) is 63.4 Å². The topological polar surface area (TPSA) is 98.7 Å². The molecule has 0 aromatic heterocycles. The Morgan fingerprint density at radius 3 is 2.50 bits per heavy atom. The molecule has 0 heterocycles. The number of amides is 1. The minimum Gasteiger partial charge on any atom is -0.507 e. The fraction of sp³-hybridized carbons (Fsp3) is 0.500. The predicted octanol–water partition coefficient (Wildman–Crippen LogP) is 4.19. The van der Waals surface area contributed by atoms with E-state index in [4.69, 9.17) is 0 Å². The van der Waals surface area contributed by atoms with Crippen molar-refractivity contribution in [3.63, 3.8) is 0 Å². The van der Waals surface area contributed by atoms with Gasteiger partial charge in [-0.25, -0.2) is 0 Å². The van der Waals surface area contributed by atoms with Crippen molar-refractivity contribution in [2.45, 2.75) is 82.9 Å². The Labute approximate surface area is 202 Å². The minimum atomic E-state index is -0.829. The van der Waals surface area contributed by atoms with E-state index in [0.717, 1.165) is 31.2 Å². The molecule has 1 aliphatic rings. The van der Waals surface area contributed by atoms with Crippen LogP contribution in [0.4, 0.5) is 0 Å². The van der Waals surface area contributed by atoms with Crippen LogP contribution in [0.25, 0.3) is 0 Å². The van der Waals surface area contributed by atoms with E-state index in [-0.39, 0.29) is 22.8 Å². The van der Waals surface area contributed by atoms with Gasteiger partial charge in [0.15, 0.2) is 6.29 Å². The monoisotopic (exact) mass is 466 g/mol. The standard InChI is InChI=1S/C28H38N2O4/c1-19(2)22-8-7-9-24(16-22)28(12-5-4-6-13-28)29-17-27(34)25(30-20(3)32)15-21-10-11-26(33)23(14-21)18-31/h7-11,14,16,18-19,25,27,29,33-34H,4-6,12-13,15,17H2,1-3H3,(H,30,32). The molecule has 1 saturated carbocycles. The van der Waals surface area contributed by atoms with E-state index >= 15 is 0 Å². The van der Waals surface area contributed by atoms with Crippen LogP contribution in [-0.2, 0) is 16.8 Å². The number of benzene rings is 2. The molecule has 1 amide bonds. The zero-order chi connectivity index (χ0) is 24.7. The molecule has 0 saturated heterocycles. The number of aliphatic hydroxyl groups is 1. The zero-order valence-corrected chi connectivity index (χ0v) is 20.5. The highest BCUT2D eigenvalue weighted by Crippen LogP contribution is 2.38. The lowest BCUT2D eigenvalue weighted by Crippen LogP contribution is -2.53.